The molecule has 6 nitrogen and oxygen atoms in total. The molecule has 0 unspecified atom stereocenters. The van der Waals surface area contributed by atoms with E-state index in [9.17, 15) is 13.2 Å². The van der Waals surface area contributed by atoms with Crippen LogP contribution in [0.3, 0.4) is 0 Å². The number of rotatable bonds is 5. The van der Waals surface area contributed by atoms with E-state index < -0.39 is 22.5 Å². The number of hydrogen-bond donors (Lipinski definition) is 1. The molecule has 0 fully saturated rings. The van der Waals surface area contributed by atoms with Gasteiger partial charge < -0.3 is 5.11 Å². The normalized spacial score (nSPS) is 11.0. The third-order valence-electron chi connectivity index (χ3n) is 2.55. The lowest BCUT2D eigenvalue weighted by Gasteiger charge is -2.22. The summed E-state index contributed by atoms with van der Waals surface area (Å²) >= 11 is 0. The molecule has 1 aromatic heterocycles. The van der Waals surface area contributed by atoms with Gasteiger partial charge in [0.1, 0.15) is 11.4 Å². The van der Waals surface area contributed by atoms with Gasteiger partial charge in [0.2, 0.25) is 0 Å². The van der Waals surface area contributed by atoms with Crippen LogP contribution in [0.5, 0.6) is 0 Å². The number of aliphatic carboxylic acids is 1. The van der Waals surface area contributed by atoms with Crippen molar-refractivity contribution in [1.82, 2.24) is 4.98 Å². The standard InChI is InChI=1S/C13H12N2O4S/c16-13(17)10-15(11-5-2-1-3-6-11)20(18,19)12-7-4-8-14-9-12/h1-9H,10H2,(H,16,17). The second-order valence-electron chi connectivity index (χ2n) is 3.93. The Morgan fingerprint density at radius 2 is 1.85 bits per heavy atom. The maximum Gasteiger partial charge on any atom is 0.324 e. The Morgan fingerprint density at radius 3 is 2.40 bits per heavy atom. The van der Waals surface area contributed by atoms with E-state index in [1.807, 2.05) is 0 Å². The van der Waals surface area contributed by atoms with Crippen LogP contribution in [0.15, 0.2) is 59.8 Å². The van der Waals surface area contributed by atoms with Gasteiger partial charge in [0, 0.05) is 12.4 Å². The van der Waals surface area contributed by atoms with E-state index in [1.165, 1.54) is 36.7 Å². The van der Waals surface area contributed by atoms with Crippen LogP contribution in [-0.4, -0.2) is 31.0 Å². The van der Waals surface area contributed by atoms with Crippen molar-refractivity contribution < 1.29 is 18.3 Å². The molecule has 2 rings (SSSR count). The topological polar surface area (TPSA) is 87.6 Å². The van der Waals surface area contributed by atoms with Crippen molar-refractivity contribution in [1.29, 1.82) is 0 Å². The molecule has 0 aliphatic rings. The van der Waals surface area contributed by atoms with Crippen LogP contribution < -0.4 is 4.31 Å². The Balaban J connectivity index is 2.49. The summed E-state index contributed by atoms with van der Waals surface area (Å²) in [6.07, 6.45) is 2.64. The first-order valence-corrected chi connectivity index (χ1v) is 7.15. The zero-order valence-corrected chi connectivity index (χ0v) is 11.2. The quantitative estimate of drug-likeness (QED) is 0.899. The van der Waals surface area contributed by atoms with E-state index in [0.29, 0.717) is 5.69 Å². The Hall–Kier alpha value is -2.41. The molecule has 104 valence electrons. The average molecular weight is 292 g/mol. The number of anilines is 1. The van der Waals surface area contributed by atoms with E-state index in [0.717, 1.165) is 4.31 Å². The van der Waals surface area contributed by atoms with E-state index >= 15 is 0 Å². The molecule has 20 heavy (non-hydrogen) atoms. The summed E-state index contributed by atoms with van der Waals surface area (Å²) in [6.45, 7) is -0.652. The molecule has 0 bridgehead atoms. The number of sulfonamides is 1. The number of carboxylic acid groups (broad SMARTS) is 1. The molecule has 0 radical (unpaired) electrons. The first-order valence-electron chi connectivity index (χ1n) is 5.71. The molecule has 1 N–H and O–H groups in total. The highest BCUT2D eigenvalue weighted by Gasteiger charge is 2.26. The van der Waals surface area contributed by atoms with Crippen LogP contribution in [0.4, 0.5) is 5.69 Å². The van der Waals surface area contributed by atoms with Crippen LogP contribution in [0, 0.1) is 0 Å². The van der Waals surface area contributed by atoms with E-state index in [2.05, 4.69) is 4.98 Å². The summed E-state index contributed by atoms with van der Waals surface area (Å²) in [5.41, 5.74) is 0.291. The van der Waals surface area contributed by atoms with Crippen LogP contribution in [0.1, 0.15) is 0 Å². The lowest BCUT2D eigenvalue weighted by molar-refractivity contribution is -0.135. The SMILES string of the molecule is O=C(O)CN(c1ccccc1)S(=O)(=O)c1cccnc1. The smallest absolute Gasteiger partial charge is 0.324 e. The molecular weight excluding hydrogens is 280 g/mol. The highest BCUT2D eigenvalue weighted by atomic mass is 32.2. The van der Waals surface area contributed by atoms with Crippen molar-refractivity contribution in [3.05, 3.63) is 54.9 Å². The summed E-state index contributed by atoms with van der Waals surface area (Å²) in [4.78, 5) is 14.6. The lowest BCUT2D eigenvalue weighted by atomic mass is 10.3. The molecule has 1 aromatic carbocycles. The van der Waals surface area contributed by atoms with Crippen molar-refractivity contribution >= 4 is 21.7 Å². The zero-order valence-electron chi connectivity index (χ0n) is 10.4. The average Bonchev–Trinajstić information content (AvgIpc) is 2.46. The summed E-state index contributed by atoms with van der Waals surface area (Å²) in [6, 6.07) is 10.9. The van der Waals surface area contributed by atoms with Gasteiger partial charge in [0.15, 0.2) is 0 Å². The first kappa shape index (κ1) is 14.0. The highest BCUT2D eigenvalue weighted by Crippen LogP contribution is 2.22. The third-order valence-corrected chi connectivity index (χ3v) is 4.30. The number of aromatic nitrogens is 1. The summed E-state index contributed by atoms with van der Waals surface area (Å²) in [7, 11) is -3.96. The first-order chi connectivity index (χ1) is 9.51. The molecule has 7 heteroatoms. The Bertz CT molecular complexity index is 687. The van der Waals surface area contributed by atoms with Gasteiger partial charge in [-0.1, -0.05) is 18.2 Å². The predicted molar refractivity (Wildman–Crippen MR) is 72.8 cm³/mol. The van der Waals surface area contributed by atoms with Crippen molar-refractivity contribution in [2.75, 3.05) is 10.8 Å². The predicted octanol–water partition coefficient (Wildman–Crippen LogP) is 1.36. The highest BCUT2D eigenvalue weighted by molar-refractivity contribution is 7.92. The van der Waals surface area contributed by atoms with Crippen molar-refractivity contribution in [3.8, 4) is 0 Å². The maximum absolute atomic E-state index is 12.5. The molecule has 0 aliphatic carbocycles. The number of benzene rings is 1. The van der Waals surface area contributed by atoms with Crippen molar-refractivity contribution in [2.24, 2.45) is 0 Å². The van der Waals surface area contributed by atoms with Gasteiger partial charge in [-0.15, -0.1) is 0 Å². The second-order valence-corrected chi connectivity index (χ2v) is 5.79. The molecule has 0 aliphatic heterocycles. The Labute approximate surface area is 116 Å². The van der Waals surface area contributed by atoms with E-state index in [-0.39, 0.29) is 4.90 Å². The monoisotopic (exact) mass is 292 g/mol. The third kappa shape index (κ3) is 2.94. The van der Waals surface area contributed by atoms with Gasteiger partial charge in [0.25, 0.3) is 10.0 Å². The molecule has 0 saturated heterocycles. The van der Waals surface area contributed by atoms with Crippen molar-refractivity contribution in [3.63, 3.8) is 0 Å². The van der Waals surface area contributed by atoms with Gasteiger partial charge in [0.05, 0.1) is 5.69 Å². The molecular formula is C13H12N2O4S. The molecule has 0 atom stereocenters. The summed E-state index contributed by atoms with van der Waals surface area (Å²) in [5.74, 6) is -1.23. The fraction of sp³-hybridized carbons (Fsp3) is 0.0769. The molecule has 1 heterocycles. The van der Waals surface area contributed by atoms with E-state index in [1.54, 1.807) is 18.2 Å². The van der Waals surface area contributed by atoms with Crippen LogP contribution in [0.2, 0.25) is 0 Å². The zero-order chi connectivity index (χ0) is 14.6. The fourth-order valence-electron chi connectivity index (χ4n) is 1.66. The molecule has 0 amide bonds. The van der Waals surface area contributed by atoms with E-state index in [4.69, 9.17) is 5.11 Å². The van der Waals surface area contributed by atoms with Gasteiger partial charge >= 0.3 is 5.97 Å². The number of nitrogens with zero attached hydrogens (tertiary/aromatic N) is 2. The number of carbonyl (C=O) groups is 1. The number of para-hydroxylation sites is 1. The van der Waals surface area contributed by atoms with Crippen molar-refractivity contribution in [2.45, 2.75) is 4.90 Å². The lowest BCUT2D eigenvalue weighted by Crippen LogP contribution is -2.35. The molecule has 0 spiro atoms. The Morgan fingerprint density at radius 1 is 1.15 bits per heavy atom. The summed E-state index contributed by atoms with van der Waals surface area (Å²) < 4.78 is 25.8. The Kier molecular flexibility index (Phi) is 3.99. The fourth-order valence-corrected chi connectivity index (χ4v) is 3.04. The van der Waals surface area contributed by atoms with Gasteiger partial charge in [-0.2, -0.15) is 0 Å². The van der Waals surface area contributed by atoms with Crippen LogP contribution >= 0.6 is 0 Å². The molecule has 2 aromatic rings. The minimum absolute atomic E-state index is 0.0508. The van der Waals surface area contributed by atoms with Gasteiger partial charge in [-0.3, -0.25) is 14.1 Å². The second kappa shape index (κ2) is 5.70. The minimum atomic E-state index is -3.96. The van der Waals surface area contributed by atoms with Crippen LogP contribution in [-0.2, 0) is 14.8 Å². The van der Waals surface area contributed by atoms with Crippen LogP contribution in [0.25, 0.3) is 0 Å². The maximum atomic E-state index is 12.5. The molecule has 0 saturated carbocycles. The number of pyridine rings is 1. The number of hydrogen-bond acceptors (Lipinski definition) is 4. The van der Waals surface area contributed by atoms with Gasteiger partial charge in [-0.25, -0.2) is 8.42 Å². The largest absolute Gasteiger partial charge is 0.480 e. The number of carboxylic acids is 1. The minimum Gasteiger partial charge on any atom is -0.480 e. The van der Waals surface area contributed by atoms with Gasteiger partial charge in [-0.05, 0) is 24.3 Å². The summed E-state index contributed by atoms with van der Waals surface area (Å²) in [5, 5.41) is 8.93.